The molecule has 2 aromatic carbocycles. The van der Waals surface area contributed by atoms with Crippen LogP contribution in [-0.4, -0.2) is 61.7 Å². The lowest BCUT2D eigenvalue weighted by molar-refractivity contribution is -0.142. The van der Waals surface area contributed by atoms with E-state index in [1.165, 1.54) is 6.92 Å². The summed E-state index contributed by atoms with van der Waals surface area (Å²) in [5.41, 5.74) is 2.81. The molecule has 0 saturated carbocycles. The molecular weight excluding hydrogens is 472 g/mol. The van der Waals surface area contributed by atoms with Crippen molar-refractivity contribution in [2.24, 2.45) is 0 Å². The Morgan fingerprint density at radius 2 is 1.60 bits per heavy atom. The molecule has 0 spiro atoms. The third kappa shape index (κ3) is 6.19. The summed E-state index contributed by atoms with van der Waals surface area (Å²) in [5, 5.41) is 14.3. The molecule has 3 N–H and O–H groups in total. The summed E-state index contributed by atoms with van der Waals surface area (Å²) in [5.74, 6) is -2.65. The molecule has 0 fully saturated rings. The van der Waals surface area contributed by atoms with Crippen LogP contribution in [0.1, 0.15) is 43.7 Å². The van der Waals surface area contributed by atoms with E-state index in [1.54, 1.807) is 6.92 Å². The predicted octanol–water partition coefficient (Wildman–Crippen LogP) is 2.70. The minimum Gasteiger partial charge on any atom is -0.480 e. The SMILES string of the molecule is CCC(C)(NC(=O)OCC1c2ccccc2-c2ccccc21)C(=O)NC(CCS(C)(=O)=O)C(=O)O. The summed E-state index contributed by atoms with van der Waals surface area (Å²) in [6.07, 6.45) is 0.0451. The highest BCUT2D eigenvalue weighted by Gasteiger charge is 2.37. The van der Waals surface area contributed by atoms with Crippen molar-refractivity contribution in [1.82, 2.24) is 10.6 Å². The molecule has 2 amide bonds. The van der Waals surface area contributed by atoms with Gasteiger partial charge in [0.25, 0.3) is 0 Å². The molecule has 2 unspecified atom stereocenters. The van der Waals surface area contributed by atoms with E-state index in [2.05, 4.69) is 10.6 Å². The van der Waals surface area contributed by atoms with Gasteiger partial charge in [-0.05, 0) is 42.0 Å². The summed E-state index contributed by atoms with van der Waals surface area (Å²) in [4.78, 5) is 37.1. The Balaban J connectivity index is 1.66. The van der Waals surface area contributed by atoms with Crippen LogP contribution in [0.3, 0.4) is 0 Å². The first-order chi connectivity index (χ1) is 16.4. The van der Waals surface area contributed by atoms with Gasteiger partial charge in [-0.1, -0.05) is 55.5 Å². The van der Waals surface area contributed by atoms with E-state index < -0.39 is 45.1 Å². The van der Waals surface area contributed by atoms with Gasteiger partial charge in [0.2, 0.25) is 5.91 Å². The monoisotopic (exact) mass is 502 g/mol. The van der Waals surface area contributed by atoms with Crippen LogP contribution in [0.5, 0.6) is 0 Å². The summed E-state index contributed by atoms with van der Waals surface area (Å²) >= 11 is 0. The molecule has 10 heteroatoms. The molecule has 0 aromatic heterocycles. The Kier molecular flexibility index (Phi) is 7.84. The highest BCUT2D eigenvalue weighted by Crippen LogP contribution is 2.44. The van der Waals surface area contributed by atoms with Crippen molar-refractivity contribution >= 4 is 27.8 Å². The van der Waals surface area contributed by atoms with E-state index in [-0.39, 0.29) is 25.4 Å². The van der Waals surface area contributed by atoms with Crippen LogP contribution >= 0.6 is 0 Å². The number of sulfone groups is 1. The number of carbonyl (C=O) groups excluding carboxylic acids is 2. The third-order valence-corrected chi connectivity index (χ3v) is 7.29. The van der Waals surface area contributed by atoms with Crippen molar-refractivity contribution < 1.29 is 32.6 Å². The zero-order valence-electron chi connectivity index (χ0n) is 19.9. The van der Waals surface area contributed by atoms with Gasteiger partial charge in [-0.3, -0.25) is 4.79 Å². The van der Waals surface area contributed by atoms with Gasteiger partial charge in [-0.2, -0.15) is 0 Å². The molecule has 9 nitrogen and oxygen atoms in total. The standard InChI is InChI=1S/C25H30N2O7S/c1-4-25(2,23(30)26-21(22(28)29)13-14-35(3,32)33)27-24(31)34-15-20-18-11-7-5-9-16(18)17-10-6-8-12-19(17)20/h5-12,20-21H,4,13-15H2,1-3H3,(H,26,30)(H,27,31)(H,28,29). The zero-order chi connectivity index (χ0) is 25.8. The second-order valence-corrected chi connectivity index (χ2v) is 11.2. The van der Waals surface area contributed by atoms with Crippen molar-refractivity contribution in [3.8, 4) is 11.1 Å². The Labute approximate surface area is 204 Å². The van der Waals surface area contributed by atoms with Gasteiger partial charge < -0.3 is 20.5 Å². The molecular formula is C25H30N2O7S. The molecule has 0 radical (unpaired) electrons. The van der Waals surface area contributed by atoms with Crippen LogP contribution in [0, 0.1) is 0 Å². The molecule has 2 atom stereocenters. The molecule has 35 heavy (non-hydrogen) atoms. The first-order valence-electron chi connectivity index (χ1n) is 11.3. The molecule has 0 heterocycles. The maximum absolute atomic E-state index is 12.9. The molecule has 1 aliphatic carbocycles. The van der Waals surface area contributed by atoms with E-state index >= 15 is 0 Å². The van der Waals surface area contributed by atoms with E-state index in [4.69, 9.17) is 4.74 Å². The molecule has 188 valence electrons. The first-order valence-corrected chi connectivity index (χ1v) is 13.4. The third-order valence-electron chi connectivity index (χ3n) is 6.31. The minimum absolute atomic E-state index is 0.0629. The van der Waals surface area contributed by atoms with E-state index in [9.17, 15) is 27.9 Å². The summed E-state index contributed by atoms with van der Waals surface area (Å²) in [7, 11) is -3.41. The topological polar surface area (TPSA) is 139 Å². The van der Waals surface area contributed by atoms with Gasteiger partial charge in [-0.25, -0.2) is 18.0 Å². The number of benzene rings is 2. The quantitative estimate of drug-likeness (QED) is 0.454. The van der Waals surface area contributed by atoms with Crippen molar-refractivity contribution in [1.29, 1.82) is 0 Å². The number of rotatable bonds is 10. The summed E-state index contributed by atoms with van der Waals surface area (Å²) in [6, 6.07) is 14.4. The molecule has 3 rings (SSSR count). The number of carboxylic acids is 1. The maximum Gasteiger partial charge on any atom is 0.408 e. The Morgan fingerprint density at radius 1 is 1.06 bits per heavy atom. The Morgan fingerprint density at radius 3 is 2.09 bits per heavy atom. The van der Waals surface area contributed by atoms with Crippen LogP contribution < -0.4 is 10.6 Å². The number of hydrogen-bond donors (Lipinski definition) is 3. The summed E-state index contributed by atoms with van der Waals surface area (Å²) in [6.45, 7) is 3.18. The fourth-order valence-corrected chi connectivity index (χ4v) is 4.74. The lowest BCUT2D eigenvalue weighted by Gasteiger charge is -2.29. The van der Waals surface area contributed by atoms with Crippen molar-refractivity contribution in [3.63, 3.8) is 0 Å². The average Bonchev–Trinajstić information content (AvgIpc) is 3.13. The molecule has 0 saturated heterocycles. The highest BCUT2D eigenvalue weighted by molar-refractivity contribution is 7.90. The lowest BCUT2D eigenvalue weighted by Crippen LogP contribution is -2.59. The van der Waals surface area contributed by atoms with Crippen molar-refractivity contribution in [3.05, 3.63) is 59.7 Å². The first kappa shape index (κ1) is 26.2. The number of hydrogen-bond acceptors (Lipinski definition) is 6. The van der Waals surface area contributed by atoms with Gasteiger partial charge >= 0.3 is 12.1 Å². The second kappa shape index (κ2) is 10.5. The predicted molar refractivity (Wildman–Crippen MR) is 131 cm³/mol. The van der Waals surface area contributed by atoms with Crippen LogP contribution in [0.15, 0.2) is 48.5 Å². The normalized spacial score (nSPS) is 15.3. The van der Waals surface area contributed by atoms with Gasteiger partial charge in [0.05, 0.1) is 5.75 Å². The highest BCUT2D eigenvalue weighted by atomic mass is 32.2. The molecule has 1 aliphatic rings. The number of alkyl carbamates (subject to hydrolysis) is 1. The smallest absolute Gasteiger partial charge is 0.408 e. The number of ether oxygens (including phenoxy) is 1. The van der Waals surface area contributed by atoms with Crippen LogP contribution in [0.4, 0.5) is 4.79 Å². The minimum atomic E-state index is -3.41. The van der Waals surface area contributed by atoms with Crippen LogP contribution in [-0.2, 0) is 24.2 Å². The van der Waals surface area contributed by atoms with E-state index in [0.717, 1.165) is 28.5 Å². The largest absolute Gasteiger partial charge is 0.480 e. The van der Waals surface area contributed by atoms with Crippen LogP contribution in [0.25, 0.3) is 11.1 Å². The number of carboxylic acid groups (broad SMARTS) is 1. The van der Waals surface area contributed by atoms with E-state index in [0.29, 0.717) is 0 Å². The number of nitrogens with one attached hydrogen (secondary N) is 2. The molecule has 0 aliphatic heterocycles. The van der Waals surface area contributed by atoms with Crippen molar-refractivity contribution in [2.75, 3.05) is 18.6 Å². The summed E-state index contributed by atoms with van der Waals surface area (Å²) < 4.78 is 28.3. The average molecular weight is 503 g/mol. The van der Waals surface area contributed by atoms with Crippen LogP contribution in [0.2, 0.25) is 0 Å². The van der Waals surface area contributed by atoms with Crippen molar-refractivity contribution in [2.45, 2.75) is 44.2 Å². The zero-order valence-corrected chi connectivity index (χ0v) is 20.7. The number of amides is 2. The fraction of sp³-hybridized carbons (Fsp3) is 0.400. The Bertz CT molecular complexity index is 1180. The Hall–Kier alpha value is -3.40. The number of fused-ring (bicyclic) bond motifs is 3. The lowest BCUT2D eigenvalue weighted by atomic mass is 9.97. The second-order valence-electron chi connectivity index (χ2n) is 8.92. The fourth-order valence-electron chi connectivity index (χ4n) is 4.07. The van der Waals surface area contributed by atoms with Gasteiger partial charge in [0.15, 0.2) is 0 Å². The van der Waals surface area contributed by atoms with E-state index in [1.807, 2.05) is 48.5 Å². The van der Waals surface area contributed by atoms with Gasteiger partial charge in [0, 0.05) is 12.2 Å². The number of aliphatic carboxylic acids is 1. The molecule has 0 bridgehead atoms. The van der Waals surface area contributed by atoms with Gasteiger partial charge in [-0.15, -0.1) is 0 Å². The maximum atomic E-state index is 12.9. The molecule has 2 aromatic rings. The van der Waals surface area contributed by atoms with Gasteiger partial charge in [0.1, 0.15) is 28.0 Å². The number of carbonyl (C=O) groups is 3.